The number of halogens is 4. The Bertz CT molecular complexity index is 737. The second-order valence-electron chi connectivity index (χ2n) is 5.64. The topological polar surface area (TPSA) is 66.5 Å². The predicted octanol–water partition coefficient (Wildman–Crippen LogP) is 2.97. The van der Waals surface area contributed by atoms with Crippen molar-refractivity contribution in [2.24, 2.45) is 5.92 Å². The van der Waals surface area contributed by atoms with Gasteiger partial charge in [0.15, 0.2) is 0 Å². The number of rotatable bonds is 3. The van der Waals surface area contributed by atoms with E-state index in [1.54, 1.807) is 0 Å². The van der Waals surface area contributed by atoms with Crippen LogP contribution < -0.4 is 5.32 Å². The van der Waals surface area contributed by atoms with Crippen molar-refractivity contribution in [1.82, 2.24) is 4.31 Å². The van der Waals surface area contributed by atoms with E-state index in [0.29, 0.717) is 19.4 Å². The van der Waals surface area contributed by atoms with Crippen LogP contribution in [0.1, 0.15) is 18.4 Å². The average Bonchev–Trinajstić information content (AvgIpc) is 2.47. The standard InChI is InChI=1S/C14H16ClF3N2O3S/c1-24(22,23)20-6-2-3-9(8-20)13(21)19-12-7-10(14(16,17)18)4-5-11(12)15/h4-5,7,9H,2-3,6,8H2,1H3,(H,19,21). The quantitative estimate of drug-likeness (QED) is 0.871. The van der Waals surface area contributed by atoms with Gasteiger partial charge in [-0.15, -0.1) is 0 Å². The normalized spacial score (nSPS) is 20.0. The molecule has 0 spiro atoms. The summed E-state index contributed by atoms with van der Waals surface area (Å²) in [5.41, 5.74) is -1.07. The summed E-state index contributed by atoms with van der Waals surface area (Å²) < 4.78 is 62.6. The van der Waals surface area contributed by atoms with E-state index in [2.05, 4.69) is 5.32 Å². The summed E-state index contributed by atoms with van der Waals surface area (Å²) in [5, 5.41) is 2.35. The molecule has 1 saturated heterocycles. The van der Waals surface area contributed by atoms with Gasteiger partial charge in [-0.3, -0.25) is 4.79 Å². The zero-order valence-electron chi connectivity index (χ0n) is 12.7. The fourth-order valence-corrected chi connectivity index (χ4v) is 3.57. The van der Waals surface area contributed by atoms with Crippen LogP contribution in [0.25, 0.3) is 0 Å². The predicted molar refractivity (Wildman–Crippen MR) is 84.2 cm³/mol. The van der Waals surface area contributed by atoms with E-state index in [-0.39, 0.29) is 17.3 Å². The van der Waals surface area contributed by atoms with Crippen molar-refractivity contribution in [3.8, 4) is 0 Å². The van der Waals surface area contributed by atoms with E-state index in [4.69, 9.17) is 11.6 Å². The maximum absolute atomic E-state index is 12.7. The smallest absolute Gasteiger partial charge is 0.324 e. The minimum atomic E-state index is -4.55. The van der Waals surface area contributed by atoms with Crippen molar-refractivity contribution >= 4 is 33.2 Å². The molecule has 1 heterocycles. The van der Waals surface area contributed by atoms with Gasteiger partial charge in [-0.05, 0) is 31.0 Å². The molecule has 0 aliphatic carbocycles. The Morgan fingerprint density at radius 3 is 2.62 bits per heavy atom. The van der Waals surface area contributed by atoms with Crippen LogP contribution in [-0.4, -0.2) is 38.0 Å². The number of amides is 1. The minimum absolute atomic E-state index is 0.00124. The summed E-state index contributed by atoms with van der Waals surface area (Å²) in [6.45, 7) is 0.328. The zero-order chi connectivity index (χ0) is 18.1. The van der Waals surface area contributed by atoms with E-state index >= 15 is 0 Å². The molecule has 1 fully saturated rings. The molecule has 1 aromatic rings. The largest absolute Gasteiger partial charge is 0.416 e. The molecule has 0 saturated carbocycles. The molecule has 5 nitrogen and oxygen atoms in total. The van der Waals surface area contributed by atoms with Gasteiger partial charge in [-0.2, -0.15) is 13.2 Å². The number of carbonyl (C=O) groups is 1. The lowest BCUT2D eigenvalue weighted by molar-refractivity contribution is -0.137. The van der Waals surface area contributed by atoms with Gasteiger partial charge in [0.1, 0.15) is 0 Å². The number of hydrogen-bond acceptors (Lipinski definition) is 3. The first-order valence-corrected chi connectivity index (χ1v) is 9.34. The fourth-order valence-electron chi connectivity index (χ4n) is 2.49. The van der Waals surface area contributed by atoms with Gasteiger partial charge in [0, 0.05) is 13.1 Å². The highest BCUT2D eigenvalue weighted by Gasteiger charge is 2.33. The van der Waals surface area contributed by atoms with Crippen LogP contribution in [0.4, 0.5) is 18.9 Å². The van der Waals surface area contributed by atoms with E-state index < -0.39 is 33.6 Å². The molecule has 1 aromatic carbocycles. The van der Waals surface area contributed by atoms with Crippen molar-refractivity contribution < 1.29 is 26.4 Å². The summed E-state index contributed by atoms with van der Waals surface area (Å²) in [6, 6.07) is 2.64. The van der Waals surface area contributed by atoms with Crippen LogP contribution in [0.15, 0.2) is 18.2 Å². The SMILES string of the molecule is CS(=O)(=O)N1CCCC(C(=O)Nc2cc(C(F)(F)F)ccc2Cl)C1. The third-order valence-electron chi connectivity index (χ3n) is 3.78. The summed E-state index contributed by atoms with van der Waals surface area (Å²) >= 11 is 5.84. The molecule has 1 atom stereocenters. The molecule has 1 unspecified atom stereocenters. The van der Waals surface area contributed by atoms with Gasteiger partial charge in [0.05, 0.1) is 28.4 Å². The third kappa shape index (κ3) is 4.61. The van der Waals surface area contributed by atoms with E-state index in [0.717, 1.165) is 24.5 Å². The van der Waals surface area contributed by atoms with Gasteiger partial charge < -0.3 is 5.32 Å². The Hall–Kier alpha value is -1.32. The van der Waals surface area contributed by atoms with E-state index in [1.807, 2.05) is 0 Å². The first-order valence-electron chi connectivity index (χ1n) is 7.11. The van der Waals surface area contributed by atoms with Crippen LogP contribution in [0, 0.1) is 5.92 Å². The van der Waals surface area contributed by atoms with Crippen molar-refractivity contribution in [3.63, 3.8) is 0 Å². The highest BCUT2D eigenvalue weighted by Crippen LogP contribution is 2.34. The molecule has 0 bridgehead atoms. The Labute approximate surface area is 142 Å². The molecular weight excluding hydrogens is 369 g/mol. The molecule has 1 aliphatic heterocycles. The van der Waals surface area contributed by atoms with Crippen molar-refractivity contribution in [1.29, 1.82) is 0 Å². The molecule has 2 rings (SSSR count). The van der Waals surface area contributed by atoms with Crippen LogP contribution in [0.5, 0.6) is 0 Å². The molecule has 134 valence electrons. The van der Waals surface area contributed by atoms with Crippen LogP contribution in [0.2, 0.25) is 5.02 Å². The van der Waals surface area contributed by atoms with Crippen molar-refractivity contribution in [2.75, 3.05) is 24.7 Å². The minimum Gasteiger partial charge on any atom is -0.324 e. The van der Waals surface area contributed by atoms with Crippen LogP contribution in [-0.2, 0) is 21.0 Å². The Morgan fingerprint density at radius 1 is 1.38 bits per heavy atom. The lowest BCUT2D eigenvalue weighted by atomic mass is 9.98. The maximum Gasteiger partial charge on any atom is 0.416 e. The molecule has 0 radical (unpaired) electrons. The number of alkyl halides is 3. The van der Waals surface area contributed by atoms with Crippen molar-refractivity contribution in [3.05, 3.63) is 28.8 Å². The van der Waals surface area contributed by atoms with Crippen molar-refractivity contribution in [2.45, 2.75) is 19.0 Å². The lowest BCUT2D eigenvalue weighted by Gasteiger charge is -2.30. The first kappa shape index (κ1) is 19.0. The van der Waals surface area contributed by atoms with Gasteiger partial charge in [-0.25, -0.2) is 12.7 Å². The highest BCUT2D eigenvalue weighted by molar-refractivity contribution is 7.88. The number of nitrogens with zero attached hydrogens (tertiary/aromatic N) is 1. The summed E-state index contributed by atoms with van der Waals surface area (Å²) in [7, 11) is -3.42. The summed E-state index contributed by atoms with van der Waals surface area (Å²) in [5.74, 6) is -1.19. The number of benzene rings is 1. The Kier molecular flexibility index (Phi) is 5.46. The van der Waals surface area contributed by atoms with Crippen LogP contribution >= 0.6 is 11.6 Å². The second kappa shape index (κ2) is 6.89. The highest BCUT2D eigenvalue weighted by atomic mass is 35.5. The molecule has 0 aromatic heterocycles. The fraction of sp³-hybridized carbons (Fsp3) is 0.500. The zero-order valence-corrected chi connectivity index (χ0v) is 14.3. The molecule has 1 amide bonds. The van der Waals surface area contributed by atoms with Crippen LogP contribution in [0.3, 0.4) is 0 Å². The van der Waals surface area contributed by atoms with E-state index in [9.17, 15) is 26.4 Å². The Morgan fingerprint density at radius 2 is 2.04 bits per heavy atom. The molecule has 1 N–H and O–H groups in total. The maximum atomic E-state index is 12.7. The lowest BCUT2D eigenvalue weighted by Crippen LogP contribution is -2.43. The number of anilines is 1. The number of piperidine rings is 1. The molecule has 24 heavy (non-hydrogen) atoms. The molecular formula is C14H16ClF3N2O3S. The number of sulfonamides is 1. The van der Waals surface area contributed by atoms with Gasteiger partial charge in [-0.1, -0.05) is 11.6 Å². The number of carbonyl (C=O) groups excluding carboxylic acids is 1. The second-order valence-corrected chi connectivity index (χ2v) is 8.03. The first-order chi connectivity index (χ1) is 11.0. The van der Waals surface area contributed by atoms with E-state index in [1.165, 1.54) is 4.31 Å². The molecule has 10 heteroatoms. The monoisotopic (exact) mass is 384 g/mol. The van der Waals surface area contributed by atoms with Gasteiger partial charge >= 0.3 is 6.18 Å². The van der Waals surface area contributed by atoms with Gasteiger partial charge in [0.2, 0.25) is 15.9 Å². The molecule has 1 aliphatic rings. The summed E-state index contributed by atoms with van der Waals surface area (Å²) in [4.78, 5) is 12.3. The average molecular weight is 385 g/mol. The van der Waals surface area contributed by atoms with Gasteiger partial charge in [0.25, 0.3) is 0 Å². The Balaban J connectivity index is 2.15. The summed E-state index contributed by atoms with van der Waals surface area (Å²) in [6.07, 6.45) is -2.55. The number of hydrogen-bond donors (Lipinski definition) is 1. The number of nitrogens with one attached hydrogen (secondary N) is 1. The third-order valence-corrected chi connectivity index (χ3v) is 5.37.